The third kappa shape index (κ3) is 5.25. The predicted octanol–water partition coefficient (Wildman–Crippen LogP) is 8.36. The molecule has 2 fully saturated rings. The van der Waals surface area contributed by atoms with Crippen LogP contribution in [0.3, 0.4) is 0 Å². The second kappa shape index (κ2) is 12.3. The molecule has 2 saturated heterocycles. The van der Waals surface area contributed by atoms with Gasteiger partial charge in [0.25, 0.3) is 0 Å². The first-order chi connectivity index (χ1) is 22.7. The van der Waals surface area contributed by atoms with Gasteiger partial charge in [0, 0.05) is 11.1 Å². The smallest absolute Gasteiger partial charge is 0.242 e. The summed E-state index contributed by atoms with van der Waals surface area (Å²) in [5, 5.41) is 16.2. The van der Waals surface area contributed by atoms with Crippen LogP contribution in [0.15, 0.2) is 109 Å². The molecule has 6 nitrogen and oxygen atoms in total. The molecule has 6 aromatic rings. The first kappa shape index (κ1) is 28.9. The highest BCUT2D eigenvalue weighted by atomic mass is 16.5. The Labute approximate surface area is 270 Å². The number of aromatic nitrogens is 2. The van der Waals surface area contributed by atoms with E-state index < -0.39 is 0 Å². The zero-order chi connectivity index (χ0) is 31.0. The number of rotatable bonds is 8. The van der Waals surface area contributed by atoms with Gasteiger partial charge < -0.3 is 9.47 Å². The molecule has 0 radical (unpaired) electrons. The van der Waals surface area contributed by atoms with Gasteiger partial charge in [-0.2, -0.15) is 0 Å². The van der Waals surface area contributed by atoms with Gasteiger partial charge in [-0.05, 0) is 86.5 Å². The Hall–Kier alpha value is -4.52. The van der Waals surface area contributed by atoms with Gasteiger partial charge in [0.05, 0.1) is 22.9 Å². The lowest BCUT2D eigenvalue weighted by molar-refractivity contribution is 0.0981. The van der Waals surface area contributed by atoms with Crippen molar-refractivity contribution in [2.24, 2.45) is 0 Å². The lowest BCUT2D eigenvalue weighted by Crippen LogP contribution is -2.35. The lowest BCUT2D eigenvalue weighted by atomic mass is 9.94. The Morgan fingerprint density at radius 1 is 0.522 bits per heavy atom. The summed E-state index contributed by atoms with van der Waals surface area (Å²) in [7, 11) is 4.40. The molecule has 6 heteroatoms. The lowest BCUT2D eigenvalue weighted by Gasteiger charge is -2.31. The summed E-state index contributed by atoms with van der Waals surface area (Å²) >= 11 is 0. The Balaban J connectivity index is 1.21. The normalized spacial score (nSPS) is 20.4. The van der Waals surface area contributed by atoms with Crippen molar-refractivity contribution < 1.29 is 9.47 Å². The Bertz CT molecular complexity index is 1860. The Morgan fingerprint density at radius 2 is 0.913 bits per heavy atom. The van der Waals surface area contributed by atoms with E-state index in [4.69, 9.17) is 19.7 Å². The van der Waals surface area contributed by atoms with Crippen molar-refractivity contribution >= 4 is 32.3 Å². The van der Waals surface area contributed by atoms with Crippen molar-refractivity contribution in [3.05, 3.63) is 120 Å². The van der Waals surface area contributed by atoms with Crippen LogP contribution in [-0.4, -0.2) is 59.3 Å². The predicted molar refractivity (Wildman–Crippen MR) is 185 cm³/mol. The number of likely N-dealkylation sites (N-methyl/N-ethyl adjacent to an activating group) is 2. The van der Waals surface area contributed by atoms with Crippen molar-refractivity contribution in [3.63, 3.8) is 0 Å². The van der Waals surface area contributed by atoms with E-state index in [0.717, 1.165) is 49.5 Å². The maximum atomic E-state index is 7.02. The molecule has 0 unspecified atom stereocenters. The van der Waals surface area contributed by atoms with Gasteiger partial charge in [-0.1, -0.05) is 97.1 Å². The van der Waals surface area contributed by atoms with Gasteiger partial charge in [0.15, 0.2) is 0 Å². The van der Waals surface area contributed by atoms with Crippen LogP contribution in [-0.2, 0) is 0 Å². The molecule has 46 heavy (non-hydrogen) atoms. The summed E-state index contributed by atoms with van der Waals surface area (Å²) in [6, 6.07) is 38.9. The third-order valence-corrected chi connectivity index (χ3v) is 10.2. The minimum atomic E-state index is -0.196. The van der Waals surface area contributed by atoms with E-state index in [9.17, 15) is 0 Å². The summed E-state index contributed by atoms with van der Waals surface area (Å²) in [6.45, 7) is 2.11. The second-order valence-corrected chi connectivity index (χ2v) is 12.9. The number of fused-ring (bicyclic) bond motifs is 3. The summed E-state index contributed by atoms with van der Waals surface area (Å²) < 4.78 is 14.0. The number of ether oxygens (including phenoxy) is 2. The first-order valence-corrected chi connectivity index (χ1v) is 16.6. The topological polar surface area (TPSA) is 50.7 Å². The third-order valence-electron chi connectivity index (χ3n) is 10.2. The molecule has 0 saturated carbocycles. The maximum Gasteiger partial charge on any atom is 0.242 e. The van der Waals surface area contributed by atoms with Crippen LogP contribution in [0.5, 0.6) is 11.8 Å². The molecule has 8 rings (SSSR count). The monoisotopic (exact) mass is 608 g/mol. The molecule has 4 atom stereocenters. The van der Waals surface area contributed by atoms with Crippen molar-refractivity contribution in [1.29, 1.82) is 0 Å². The van der Waals surface area contributed by atoms with E-state index in [2.05, 4.69) is 121 Å². The molecule has 5 aromatic carbocycles. The van der Waals surface area contributed by atoms with Crippen LogP contribution >= 0.6 is 0 Å². The zero-order valence-electron chi connectivity index (χ0n) is 26.5. The van der Waals surface area contributed by atoms with Crippen LogP contribution < -0.4 is 9.47 Å². The number of hydrogen-bond donors (Lipinski definition) is 0. The quantitative estimate of drug-likeness (QED) is 0.173. The van der Waals surface area contributed by atoms with Crippen LogP contribution in [0.2, 0.25) is 0 Å². The molecule has 2 aliphatic rings. The van der Waals surface area contributed by atoms with Gasteiger partial charge in [-0.3, -0.25) is 9.80 Å². The highest BCUT2D eigenvalue weighted by Gasteiger charge is 2.36. The highest BCUT2D eigenvalue weighted by Crippen LogP contribution is 2.41. The summed E-state index contributed by atoms with van der Waals surface area (Å²) in [5.74, 6) is 1.08. The van der Waals surface area contributed by atoms with Crippen molar-refractivity contribution in [2.75, 3.05) is 27.2 Å². The van der Waals surface area contributed by atoms with Gasteiger partial charge in [0.1, 0.15) is 12.2 Å². The Morgan fingerprint density at radius 3 is 1.33 bits per heavy atom. The largest absolute Gasteiger partial charge is 0.466 e. The minimum Gasteiger partial charge on any atom is -0.466 e. The summed E-state index contributed by atoms with van der Waals surface area (Å²) in [4.78, 5) is 4.85. The summed E-state index contributed by atoms with van der Waals surface area (Å²) in [5.41, 5.74) is 2.37. The molecule has 2 aliphatic heterocycles. The molecular formula is C40H40N4O2. The van der Waals surface area contributed by atoms with Crippen molar-refractivity contribution in [1.82, 2.24) is 20.0 Å². The van der Waals surface area contributed by atoms with Crippen LogP contribution in [0, 0.1) is 0 Å². The van der Waals surface area contributed by atoms with E-state index in [1.165, 1.54) is 32.7 Å². The van der Waals surface area contributed by atoms with E-state index >= 15 is 0 Å². The van der Waals surface area contributed by atoms with Gasteiger partial charge in [-0.25, -0.2) is 0 Å². The molecule has 232 valence electrons. The van der Waals surface area contributed by atoms with Crippen molar-refractivity contribution in [3.8, 4) is 11.8 Å². The fraction of sp³-hybridized carbons (Fsp3) is 0.300. The molecule has 0 bridgehead atoms. The molecule has 0 spiro atoms. The van der Waals surface area contributed by atoms with Crippen LogP contribution in [0.1, 0.15) is 49.0 Å². The van der Waals surface area contributed by atoms with Gasteiger partial charge in [0.2, 0.25) is 11.8 Å². The average Bonchev–Trinajstić information content (AvgIpc) is 3.73. The molecule has 3 heterocycles. The summed E-state index contributed by atoms with van der Waals surface area (Å²) in [6.07, 6.45) is 4.04. The van der Waals surface area contributed by atoms with Gasteiger partial charge >= 0.3 is 0 Å². The number of nitrogens with zero attached hydrogens (tertiary/aromatic N) is 4. The van der Waals surface area contributed by atoms with E-state index in [0.29, 0.717) is 11.8 Å². The molecule has 1 aromatic heterocycles. The van der Waals surface area contributed by atoms with Crippen LogP contribution in [0.25, 0.3) is 32.3 Å². The average molecular weight is 609 g/mol. The number of benzene rings is 5. The first-order valence-electron chi connectivity index (χ1n) is 16.6. The highest BCUT2D eigenvalue weighted by molar-refractivity contribution is 5.91. The Kier molecular flexibility index (Phi) is 7.76. The van der Waals surface area contributed by atoms with E-state index in [1.54, 1.807) is 0 Å². The minimum absolute atomic E-state index is 0.196. The fourth-order valence-corrected chi connectivity index (χ4v) is 7.80. The molecule has 0 N–H and O–H groups in total. The maximum absolute atomic E-state index is 7.02. The van der Waals surface area contributed by atoms with E-state index in [-0.39, 0.29) is 24.3 Å². The number of likely N-dealkylation sites (tertiary alicyclic amines) is 2. The number of hydrogen-bond acceptors (Lipinski definition) is 6. The molecule has 0 aliphatic carbocycles. The standard InChI is InChI=1S/C40H40N4O2/c1-43-25-11-23-35(43)37(31-21-9-15-27-13-3-5-17-29(27)31)45-39-33-19-7-8-20-34(33)40(42-41-39)46-38(36-24-12-26-44(36)2)32-22-10-16-28-14-4-6-18-30(28)32/h3-10,13-22,35-38H,11-12,23-26H2,1-2H3/t35-,36-,37-,38-/m0/s1. The fourth-order valence-electron chi connectivity index (χ4n) is 7.80. The zero-order valence-corrected chi connectivity index (χ0v) is 26.5. The SMILES string of the molecule is CN1CCC[C@H]1[C@@H](Oc1nnc(O[C@@H](c2cccc3ccccc23)[C@@H]2CCCN2C)c2ccccc12)c1cccc2ccccc12. The molecular weight excluding hydrogens is 568 g/mol. The second-order valence-electron chi connectivity index (χ2n) is 12.9. The van der Waals surface area contributed by atoms with Crippen molar-refractivity contribution in [2.45, 2.75) is 50.0 Å². The van der Waals surface area contributed by atoms with Gasteiger partial charge in [-0.15, -0.1) is 10.2 Å². The molecule has 0 amide bonds. The van der Waals surface area contributed by atoms with E-state index in [1.807, 2.05) is 12.1 Å². The van der Waals surface area contributed by atoms with Crippen LogP contribution in [0.4, 0.5) is 0 Å².